The maximum Gasteiger partial charge on any atom is 0.0278 e. The number of nitrogens with zero attached hydrogens (tertiary/aromatic N) is 1. The molecule has 0 amide bonds. The van der Waals surface area contributed by atoms with E-state index in [1.807, 2.05) is 0 Å². The van der Waals surface area contributed by atoms with Crippen molar-refractivity contribution < 1.29 is 0 Å². The van der Waals surface area contributed by atoms with Gasteiger partial charge in [-0.05, 0) is 25.3 Å². The predicted octanol–water partition coefficient (Wildman–Crippen LogP) is 3.30. The summed E-state index contributed by atoms with van der Waals surface area (Å²) < 4.78 is 0. The van der Waals surface area contributed by atoms with Crippen LogP contribution in [0.2, 0.25) is 0 Å². The van der Waals surface area contributed by atoms with E-state index >= 15 is 0 Å². The lowest BCUT2D eigenvalue weighted by Gasteiger charge is -2.03. The predicted molar refractivity (Wildman–Crippen MR) is 58.9 cm³/mol. The van der Waals surface area contributed by atoms with Gasteiger partial charge < -0.3 is 0 Å². The van der Waals surface area contributed by atoms with Crippen molar-refractivity contribution in [1.29, 1.82) is 0 Å². The molecular weight excluding hydrogens is 158 g/mol. The minimum absolute atomic E-state index is 0.855. The second kappa shape index (κ2) is 4.99. The Morgan fingerprint density at radius 1 is 1.15 bits per heavy atom. The van der Waals surface area contributed by atoms with Crippen molar-refractivity contribution in [3.05, 3.63) is 0 Å². The van der Waals surface area contributed by atoms with Crippen LogP contribution in [0.5, 0.6) is 0 Å². The molecule has 13 heavy (non-hydrogen) atoms. The van der Waals surface area contributed by atoms with Crippen molar-refractivity contribution in [2.75, 3.05) is 6.54 Å². The molecule has 0 bridgehead atoms. The highest BCUT2D eigenvalue weighted by Gasteiger charge is 2.46. The Hall–Kier alpha value is -0.0400. The third-order valence-corrected chi connectivity index (χ3v) is 3.15. The van der Waals surface area contributed by atoms with Gasteiger partial charge in [-0.2, -0.15) is 0 Å². The topological polar surface area (TPSA) is 3.01 Å². The monoisotopic (exact) mass is 183 g/mol. The zero-order valence-electron chi connectivity index (χ0n) is 9.71. The first-order chi connectivity index (χ1) is 6.22. The molecule has 1 fully saturated rings. The number of hydrogen-bond donors (Lipinski definition) is 0. The first-order valence-electron chi connectivity index (χ1n) is 5.98. The van der Waals surface area contributed by atoms with Gasteiger partial charge in [0.05, 0.1) is 0 Å². The van der Waals surface area contributed by atoms with E-state index in [1.54, 1.807) is 0 Å². The Balaban J connectivity index is 2.28. The van der Waals surface area contributed by atoms with Crippen molar-refractivity contribution >= 4 is 0 Å². The van der Waals surface area contributed by atoms with Gasteiger partial charge in [0.2, 0.25) is 0 Å². The van der Waals surface area contributed by atoms with Gasteiger partial charge >= 0.3 is 0 Å². The van der Waals surface area contributed by atoms with Gasteiger partial charge in [-0.3, -0.25) is 4.90 Å². The Bertz CT molecular complexity index is 142. The summed E-state index contributed by atoms with van der Waals surface area (Å²) in [6.45, 7) is 10.6. The molecule has 0 spiro atoms. The highest BCUT2D eigenvalue weighted by atomic mass is 15.3. The average Bonchev–Trinajstić information content (AvgIpc) is 2.76. The van der Waals surface area contributed by atoms with Gasteiger partial charge in [0.1, 0.15) is 0 Å². The van der Waals surface area contributed by atoms with E-state index in [0.717, 1.165) is 18.0 Å². The van der Waals surface area contributed by atoms with E-state index in [4.69, 9.17) is 0 Å². The summed E-state index contributed by atoms with van der Waals surface area (Å²) in [6.07, 6.45) is 5.46. The summed E-state index contributed by atoms with van der Waals surface area (Å²) in [5, 5.41) is 0. The second-order valence-electron chi connectivity index (χ2n) is 4.68. The van der Waals surface area contributed by atoms with E-state index in [9.17, 15) is 0 Å². The number of rotatable bonds is 6. The van der Waals surface area contributed by atoms with Crippen LogP contribution in [-0.4, -0.2) is 23.5 Å². The normalized spacial score (nSPS) is 32.5. The first-order valence-corrected chi connectivity index (χ1v) is 5.98. The Kier molecular flexibility index (Phi) is 4.24. The molecule has 0 N–H and O–H groups in total. The van der Waals surface area contributed by atoms with Gasteiger partial charge in [0, 0.05) is 12.1 Å². The molecule has 3 unspecified atom stereocenters. The van der Waals surface area contributed by atoms with Crippen LogP contribution in [0.15, 0.2) is 0 Å². The maximum absolute atomic E-state index is 2.71. The van der Waals surface area contributed by atoms with E-state index < -0.39 is 0 Å². The van der Waals surface area contributed by atoms with Crippen LogP contribution in [0.25, 0.3) is 0 Å². The maximum atomic E-state index is 2.71. The molecule has 1 aliphatic heterocycles. The van der Waals surface area contributed by atoms with Gasteiger partial charge in [0.25, 0.3) is 0 Å². The van der Waals surface area contributed by atoms with Crippen LogP contribution < -0.4 is 0 Å². The summed E-state index contributed by atoms with van der Waals surface area (Å²) in [6, 6.07) is 1.84. The summed E-state index contributed by atoms with van der Waals surface area (Å²) in [5.74, 6) is 0.855. The van der Waals surface area contributed by atoms with Gasteiger partial charge in [-0.15, -0.1) is 0 Å². The van der Waals surface area contributed by atoms with Crippen LogP contribution in [0.1, 0.15) is 53.4 Å². The molecule has 0 aromatic rings. The molecule has 1 rings (SSSR count). The van der Waals surface area contributed by atoms with Crippen molar-refractivity contribution in [3.8, 4) is 0 Å². The lowest BCUT2D eigenvalue weighted by molar-refractivity contribution is 0.420. The SMILES string of the molecule is CCCCN1C(CCC)C1C(C)C. The van der Waals surface area contributed by atoms with E-state index in [-0.39, 0.29) is 0 Å². The Labute approximate surface area is 83.5 Å². The van der Waals surface area contributed by atoms with Gasteiger partial charge in [-0.25, -0.2) is 0 Å². The van der Waals surface area contributed by atoms with Gasteiger partial charge in [-0.1, -0.05) is 40.5 Å². The van der Waals surface area contributed by atoms with E-state index in [1.165, 1.54) is 32.2 Å². The lowest BCUT2D eigenvalue weighted by Crippen LogP contribution is -2.08. The highest BCUT2D eigenvalue weighted by Crippen LogP contribution is 2.37. The summed E-state index contributed by atoms with van der Waals surface area (Å²) in [4.78, 5) is 2.71. The van der Waals surface area contributed by atoms with Crippen LogP contribution in [0.3, 0.4) is 0 Å². The zero-order chi connectivity index (χ0) is 9.84. The zero-order valence-corrected chi connectivity index (χ0v) is 9.71. The molecule has 0 saturated carbocycles. The standard InChI is InChI=1S/C12H25N/c1-5-7-9-13-11(8-6-2)12(13)10(3)4/h10-12H,5-9H2,1-4H3. The van der Waals surface area contributed by atoms with E-state index in [2.05, 4.69) is 32.6 Å². The summed E-state index contributed by atoms with van der Waals surface area (Å²) in [5.41, 5.74) is 0. The molecule has 3 atom stereocenters. The van der Waals surface area contributed by atoms with Crippen LogP contribution >= 0.6 is 0 Å². The Morgan fingerprint density at radius 3 is 2.31 bits per heavy atom. The van der Waals surface area contributed by atoms with Crippen LogP contribution in [0.4, 0.5) is 0 Å². The fraction of sp³-hybridized carbons (Fsp3) is 1.00. The summed E-state index contributed by atoms with van der Waals surface area (Å²) >= 11 is 0. The second-order valence-corrected chi connectivity index (χ2v) is 4.68. The smallest absolute Gasteiger partial charge is 0.0278 e. The highest BCUT2D eigenvalue weighted by molar-refractivity contribution is 5.02. The molecule has 1 saturated heterocycles. The number of hydrogen-bond acceptors (Lipinski definition) is 1. The number of unbranched alkanes of at least 4 members (excludes halogenated alkanes) is 1. The fourth-order valence-corrected chi connectivity index (χ4v) is 2.47. The third kappa shape index (κ3) is 2.70. The molecule has 0 aromatic carbocycles. The van der Waals surface area contributed by atoms with Gasteiger partial charge in [0.15, 0.2) is 0 Å². The third-order valence-electron chi connectivity index (χ3n) is 3.15. The molecular formula is C12H25N. The minimum atomic E-state index is 0.855. The first kappa shape index (κ1) is 11.0. The summed E-state index contributed by atoms with van der Waals surface area (Å²) in [7, 11) is 0. The van der Waals surface area contributed by atoms with Crippen molar-refractivity contribution in [1.82, 2.24) is 4.90 Å². The average molecular weight is 183 g/mol. The quantitative estimate of drug-likeness (QED) is 0.571. The molecule has 0 aliphatic carbocycles. The fourth-order valence-electron chi connectivity index (χ4n) is 2.47. The molecule has 1 heteroatoms. The molecule has 78 valence electrons. The van der Waals surface area contributed by atoms with Crippen molar-refractivity contribution in [2.24, 2.45) is 5.92 Å². The molecule has 1 aliphatic rings. The molecule has 1 heterocycles. The van der Waals surface area contributed by atoms with E-state index in [0.29, 0.717) is 0 Å². The molecule has 0 aromatic heterocycles. The minimum Gasteiger partial charge on any atom is -0.294 e. The molecule has 0 radical (unpaired) electrons. The van der Waals surface area contributed by atoms with Crippen LogP contribution in [0, 0.1) is 5.92 Å². The van der Waals surface area contributed by atoms with Crippen LogP contribution in [-0.2, 0) is 0 Å². The van der Waals surface area contributed by atoms with Crippen molar-refractivity contribution in [2.45, 2.75) is 65.5 Å². The van der Waals surface area contributed by atoms with Crippen molar-refractivity contribution in [3.63, 3.8) is 0 Å². The lowest BCUT2D eigenvalue weighted by atomic mass is 10.1. The largest absolute Gasteiger partial charge is 0.294 e. The molecule has 1 nitrogen and oxygen atoms in total. The Morgan fingerprint density at radius 2 is 1.85 bits per heavy atom.